The third-order valence-electron chi connectivity index (χ3n) is 2.50. The molecule has 0 saturated heterocycles. The molecular formula is C11H11F3N4OS. The fourth-order valence-corrected chi connectivity index (χ4v) is 2.09. The second-order valence-electron chi connectivity index (χ2n) is 4.03. The first-order chi connectivity index (χ1) is 9.36. The lowest BCUT2D eigenvalue weighted by atomic mass is 10.3. The molecule has 0 fully saturated rings. The highest BCUT2D eigenvalue weighted by molar-refractivity contribution is 7.13. The highest BCUT2D eigenvalue weighted by atomic mass is 32.1. The number of alkyl halides is 3. The highest BCUT2D eigenvalue weighted by Gasteiger charge is 2.34. The first kappa shape index (κ1) is 14.5. The van der Waals surface area contributed by atoms with Gasteiger partial charge in [-0.15, -0.1) is 11.3 Å². The van der Waals surface area contributed by atoms with Crippen molar-refractivity contribution in [2.75, 3.05) is 5.32 Å². The number of halogens is 3. The molecule has 20 heavy (non-hydrogen) atoms. The van der Waals surface area contributed by atoms with E-state index >= 15 is 0 Å². The number of hydrogen-bond donors (Lipinski definition) is 1. The normalized spacial score (nSPS) is 11.6. The van der Waals surface area contributed by atoms with E-state index in [0.717, 1.165) is 6.07 Å². The van der Waals surface area contributed by atoms with Crippen LogP contribution < -0.4 is 5.32 Å². The summed E-state index contributed by atoms with van der Waals surface area (Å²) in [5.41, 5.74) is -0.588. The number of carbonyl (C=O) groups excluding carboxylic acids is 1. The fourth-order valence-electron chi connectivity index (χ4n) is 1.55. The van der Waals surface area contributed by atoms with E-state index in [1.165, 1.54) is 22.9 Å². The molecule has 2 aromatic heterocycles. The minimum Gasteiger partial charge on any atom is -0.302 e. The number of aryl methyl sites for hydroxylation is 2. The molecule has 1 amide bonds. The molecule has 0 aliphatic carbocycles. The number of aromatic nitrogens is 3. The van der Waals surface area contributed by atoms with Crippen LogP contribution in [0.2, 0.25) is 0 Å². The molecule has 0 radical (unpaired) electrons. The second kappa shape index (κ2) is 5.61. The average molecular weight is 304 g/mol. The van der Waals surface area contributed by atoms with Gasteiger partial charge < -0.3 is 5.32 Å². The van der Waals surface area contributed by atoms with E-state index in [2.05, 4.69) is 15.4 Å². The third-order valence-corrected chi connectivity index (χ3v) is 3.19. The Hall–Kier alpha value is -1.90. The molecule has 2 rings (SSSR count). The van der Waals surface area contributed by atoms with E-state index in [9.17, 15) is 18.0 Å². The molecule has 0 aliphatic rings. The van der Waals surface area contributed by atoms with Crippen LogP contribution in [0.15, 0.2) is 17.6 Å². The average Bonchev–Trinajstić information content (AvgIpc) is 2.95. The summed E-state index contributed by atoms with van der Waals surface area (Å²) in [5.74, 6) is -0.316. The lowest BCUT2D eigenvalue weighted by Crippen LogP contribution is -2.16. The van der Waals surface area contributed by atoms with Crippen LogP contribution in [0, 0.1) is 6.92 Å². The molecule has 5 nitrogen and oxygen atoms in total. The molecule has 0 atom stereocenters. The van der Waals surface area contributed by atoms with Crippen LogP contribution in [-0.4, -0.2) is 20.7 Å². The van der Waals surface area contributed by atoms with Gasteiger partial charge >= 0.3 is 6.18 Å². The highest BCUT2D eigenvalue weighted by Crippen LogP contribution is 2.28. The molecular weight excluding hydrogens is 293 g/mol. The maximum absolute atomic E-state index is 12.5. The quantitative estimate of drug-likeness (QED) is 0.944. The van der Waals surface area contributed by atoms with E-state index in [1.807, 2.05) is 0 Å². The maximum atomic E-state index is 12.5. The van der Waals surface area contributed by atoms with Crippen molar-refractivity contribution in [1.29, 1.82) is 0 Å². The molecule has 1 N–H and O–H groups in total. The number of thiazole rings is 1. The minimum atomic E-state index is -4.47. The number of nitrogens with zero attached hydrogens (tertiary/aromatic N) is 3. The molecule has 2 heterocycles. The van der Waals surface area contributed by atoms with Gasteiger partial charge in [0.15, 0.2) is 10.8 Å². The van der Waals surface area contributed by atoms with E-state index in [4.69, 9.17) is 0 Å². The first-order valence-corrected chi connectivity index (χ1v) is 6.55. The summed E-state index contributed by atoms with van der Waals surface area (Å²) in [4.78, 5) is 15.5. The molecule has 9 heteroatoms. The van der Waals surface area contributed by atoms with Gasteiger partial charge in [0, 0.05) is 30.2 Å². The van der Waals surface area contributed by atoms with Crippen molar-refractivity contribution in [3.8, 4) is 0 Å². The Bertz CT molecular complexity index is 591. The second-order valence-corrected chi connectivity index (χ2v) is 4.92. The SMILES string of the molecule is Cc1cc(C(F)(F)F)nn1CCC(=O)Nc1nccs1. The number of rotatable bonds is 4. The smallest absolute Gasteiger partial charge is 0.302 e. The molecule has 0 unspecified atom stereocenters. The van der Waals surface area contributed by atoms with Crippen LogP contribution in [0.3, 0.4) is 0 Å². The zero-order valence-electron chi connectivity index (χ0n) is 10.4. The lowest BCUT2D eigenvalue weighted by molar-refractivity contribution is -0.141. The standard InChI is InChI=1S/C11H11F3N4OS/c1-7-6-8(11(12,13)14)17-18(7)4-2-9(19)16-10-15-3-5-20-10/h3,5-6H,2,4H2,1H3,(H,15,16,19). The molecule has 108 valence electrons. The van der Waals surface area contributed by atoms with Gasteiger partial charge in [-0.25, -0.2) is 4.98 Å². The number of hydrogen-bond acceptors (Lipinski definition) is 4. The van der Waals surface area contributed by atoms with Gasteiger partial charge in [-0.2, -0.15) is 18.3 Å². The Kier molecular flexibility index (Phi) is 4.07. The Balaban J connectivity index is 1.94. The molecule has 0 aliphatic heterocycles. The summed E-state index contributed by atoms with van der Waals surface area (Å²) in [6, 6.07) is 0.957. The Morgan fingerprint density at radius 2 is 2.25 bits per heavy atom. The van der Waals surface area contributed by atoms with Crippen LogP contribution in [0.5, 0.6) is 0 Å². The van der Waals surface area contributed by atoms with E-state index < -0.39 is 11.9 Å². The van der Waals surface area contributed by atoms with Gasteiger partial charge in [-0.05, 0) is 13.0 Å². The zero-order valence-corrected chi connectivity index (χ0v) is 11.3. The van der Waals surface area contributed by atoms with Crippen molar-refractivity contribution in [3.63, 3.8) is 0 Å². The van der Waals surface area contributed by atoms with Crippen molar-refractivity contribution in [1.82, 2.24) is 14.8 Å². The predicted octanol–water partition coefficient (Wildman–Crippen LogP) is 2.70. The van der Waals surface area contributed by atoms with Crippen molar-refractivity contribution in [2.45, 2.75) is 26.1 Å². The largest absolute Gasteiger partial charge is 0.435 e. The topological polar surface area (TPSA) is 59.8 Å². The fraction of sp³-hybridized carbons (Fsp3) is 0.364. The summed E-state index contributed by atoms with van der Waals surface area (Å²) in [7, 11) is 0. The molecule has 0 saturated carbocycles. The summed E-state index contributed by atoms with van der Waals surface area (Å²) in [6.45, 7) is 1.60. The minimum absolute atomic E-state index is 0.0272. The van der Waals surface area contributed by atoms with Gasteiger partial charge in [0.25, 0.3) is 0 Å². The van der Waals surface area contributed by atoms with E-state index in [-0.39, 0.29) is 18.9 Å². The molecule has 0 bridgehead atoms. The van der Waals surface area contributed by atoms with Crippen molar-refractivity contribution < 1.29 is 18.0 Å². The van der Waals surface area contributed by atoms with Crippen LogP contribution in [-0.2, 0) is 17.5 Å². The molecule has 0 spiro atoms. The van der Waals surface area contributed by atoms with Gasteiger partial charge in [0.1, 0.15) is 0 Å². The predicted molar refractivity (Wildman–Crippen MR) is 67.3 cm³/mol. The number of amides is 1. The summed E-state index contributed by atoms with van der Waals surface area (Å²) in [5, 5.41) is 8.17. The third kappa shape index (κ3) is 3.56. The molecule has 2 aromatic rings. The van der Waals surface area contributed by atoms with Gasteiger partial charge in [-0.1, -0.05) is 0 Å². The van der Waals surface area contributed by atoms with E-state index in [1.54, 1.807) is 11.6 Å². The summed E-state index contributed by atoms with van der Waals surface area (Å²) >= 11 is 1.27. The Morgan fingerprint density at radius 1 is 1.50 bits per heavy atom. The van der Waals surface area contributed by atoms with Crippen LogP contribution in [0.4, 0.5) is 18.3 Å². The van der Waals surface area contributed by atoms with Crippen LogP contribution in [0.1, 0.15) is 17.8 Å². The number of anilines is 1. The maximum Gasteiger partial charge on any atom is 0.435 e. The van der Waals surface area contributed by atoms with E-state index in [0.29, 0.717) is 10.8 Å². The number of carbonyl (C=O) groups is 1. The van der Waals surface area contributed by atoms with Crippen LogP contribution in [0.25, 0.3) is 0 Å². The summed E-state index contributed by atoms with van der Waals surface area (Å²) in [6.07, 6.45) is -2.90. The monoisotopic (exact) mass is 304 g/mol. The van der Waals surface area contributed by atoms with Gasteiger partial charge in [-0.3, -0.25) is 9.48 Å². The first-order valence-electron chi connectivity index (χ1n) is 5.67. The Morgan fingerprint density at radius 3 is 2.80 bits per heavy atom. The summed E-state index contributed by atoms with van der Waals surface area (Å²) < 4.78 is 38.6. The van der Waals surface area contributed by atoms with Gasteiger partial charge in [0.2, 0.25) is 5.91 Å². The van der Waals surface area contributed by atoms with Crippen molar-refractivity contribution in [3.05, 3.63) is 29.0 Å². The van der Waals surface area contributed by atoms with Gasteiger partial charge in [0.05, 0.1) is 0 Å². The Labute approximate surface area is 116 Å². The lowest BCUT2D eigenvalue weighted by Gasteiger charge is -2.04. The van der Waals surface area contributed by atoms with Crippen molar-refractivity contribution >= 4 is 22.4 Å². The number of nitrogens with one attached hydrogen (secondary N) is 1. The molecule has 0 aromatic carbocycles. The van der Waals surface area contributed by atoms with Crippen LogP contribution >= 0.6 is 11.3 Å². The zero-order chi connectivity index (χ0) is 14.8. The van der Waals surface area contributed by atoms with Crippen molar-refractivity contribution in [2.24, 2.45) is 0 Å².